The minimum absolute atomic E-state index is 0.346. The molecule has 0 spiro atoms. The van der Waals surface area contributed by atoms with Gasteiger partial charge in [0.2, 0.25) is 0 Å². The molecule has 0 unspecified atom stereocenters. The number of carboxylic acid groups (broad SMARTS) is 1. The van der Waals surface area contributed by atoms with Gasteiger partial charge in [-0.25, -0.2) is 14.8 Å². The van der Waals surface area contributed by atoms with E-state index in [9.17, 15) is 4.79 Å². The topological polar surface area (TPSA) is 129 Å². The van der Waals surface area contributed by atoms with E-state index in [0.717, 1.165) is 22.5 Å². The zero-order chi connectivity index (χ0) is 19.1. The summed E-state index contributed by atoms with van der Waals surface area (Å²) in [5.74, 6) is 1.20. The number of nitrogens with one attached hydrogen (secondary N) is 3. The fourth-order valence-electron chi connectivity index (χ4n) is 3.24. The van der Waals surface area contributed by atoms with Crippen LogP contribution in [0.1, 0.15) is 0 Å². The van der Waals surface area contributed by atoms with Crippen molar-refractivity contribution in [3.63, 3.8) is 0 Å². The number of hydrogen-bond donors (Lipinski definition) is 4. The van der Waals surface area contributed by atoms with Gasteiger partial charge in [-0.15, -0.1) is 0 Å². The van der Waals surface area contributed by atoms with Gasteiger partial charge in [0.25, 0.3) is 0 Å². The number of imidazole rings is 1. The minimum Gasteiger partial charge on any atom is -0.465 e. The number of aromatic amines is 1. The Hall–Kier alpha value is -4.27. The van der Waals surface area contributed by atoms with E-state index in [1.807, 2.05) is 18.2 Å². The van der Waals surface area contributed by atoms with E-state index < -0.39 is 6.09 Å². The molecule has 5 rings (SSSR count). The van der Waals surface area contributed by atoms with E-state index in [1.165, 1.54) is 6.20 Å². The molecule has 0 aromatic carbocycles. The van der Waals surface area contributed by atoms with Crippen molar-refractivity contribution >= 4 is 23.3 Å². The van der Waals surface area contributed by atoms with Gasteiger partial charge in [-0.05, 0) is 24.3 Å². The second-order valence-corrected chi connectivity index (χ2v) is 6.11. The third kappa shape index (κ3) is 2.53. The highest BCUT2D eigenvalue weighted by Gasteiger charge is 2.24. The van der Waals surface area contributed by atoms with Crippen molar-refractivity contribution in [1.29, 1.82) is 0 Å². The third-order valence-electron chi connectivity index (χ3n) is 4.43. The van der Waals surface area contributed by atoms with Crippen molar-refractivity contribution in [1.82, 2.24) is 24.9 Å². The number of pyridine rings is 3. The number of carbonyl (C=O) groups is 1. The van der Waals surface area contributed by atoms with Crippen LogP contribution in [-0.2, 0) is 0 Å². The average Bonchev–Trinajstić information content (AvgIpc) is 3.08. The number of amides is 1. The highest BCUT2D eigenvalue weighted by molar-refractivity contribution is 5.96. The highest BCUT2D eigenvalue weighted by Crippen LogP contribution is 2.43. The van der Waals surface area contributed by atoms with Crippen LogP contribution in [-0.4, -0.2) is 36.1 Å². The molecule has 1 amide bonds. The molecule has 28 heavy (non-hydrogen) atoms. The summed E-state index contributed by atoms with van der Waals surface area (Å²) in [5.41, 5.74) is 4.98. The lowest BCUT2D eigenvalue weighted by Gasteiger charge is -2.08. The molecule has 0 radical (unpaired) electrons. The van der Waals surface area contributed by atoms with Gasteiger partial charge in [0.15, 0.2) is 0 Å². The zero-order valence-corrected chi connectivity index (χ0v) is 14.3. The van der Waals surface area contributed by atoms with Crippen LogP contribution in [0.2, 0.25) is 0 Å². The molecule has 4 aromatic rings. The van der Waals surface area contributed by atoms with Gasteiger partial charge < -0.3 is 15.4 Å². The van der Waals surface area contributed by atoms with Crippen molar-refractivity contribution in [3.8, 4) is 33.9 Å². The van der Waals surface area contributed by atoms with Crippen LogP contribution in [0, 0.1) is 0 Å². The van der Waals surface area contributed by atoms with Crippen LogP contribution in [0.5, 0.6) is 0 Å². The van der Waals surface area contributed by atoms with Crippen LogP contribution in [0.4, 0.5) is 22.0 Å². The Labute approximate surface area is 158 Å². The number of rotatable bonds is 2. The zero-order valence-electron chi connectivity index (χ0n) is 14.3. The van der Waals surface area contributed by atoms with Gasteiger partial charge >= 0.3 is 6.09 Å². The van der Waals surface area contributed by atoms with E-state index in [1.54, 1.807) is 30.9 Å². The predicted octanol–water partition coefficient (Wildman–Crippen LogP) is 3.74. The maximum Gasteiger partial charge on any atom is 0.409 e. The molecule has 136 valence electrons. The SMILES string of the molecule is O=C(O)Nc1cnccc1-c1nc2c([nH]1)-c1ccncc1Nc1ncccc1-2. The molecular weight excluding hydrogens is 358 g/mol. The van der Waals surface area contributed by atoms with Gasteiger partial charge in [0.1, 0.15) is 17.3 Å². The summed E-state index contributed by atoms with van der Waals surface area (Å²) in [7, 11) is 0. The molecule has 1 aliphatic rings. The van der Waals surface area contributed by atoms with Gasteiger partial charge in [0.05, 0.1) is 29.5 Å². The maximum atomic E-state index is 11.1. The summed E-state index contributed by atoms with van der Waals surface area (Å²) in [6.07, 6.45) is 7.01. The van der Waals surface area contributed by atoms with Crippen LogP contribution in [0.15, 0.2) is 55.2 Å². The van der Waals surface area contributed by atoms with Crippen LogP contribution in [0.3, 0.4) is 0 Å². The van der Waals surface area contributed by atoms with Crippen LogP contribution >= 0.6 is 0 Å². The number of nitrogens with zero attached hydrogens (tertiary/aromatic N) is 4. The number of aromatic nitrogens is 5. The number of fused-ring (bicyclic) bond motifs is 5. The van der Waals surface area contributed by atoms with E-state index in [0.29, 0.717) is 28.6 Å². The summed E-state index contributed by atoms with van der Waals surface area (Å²) < 4.78 is 0. The molecule has 0 bridgehead atoms. The second kappa shape index (κ2) is 6.16. The van der Waals surface area contributed by atoms with E-state index in [2.05, 4.69) is 30.6 Å². The van der Waals surface area contributed by atoms with Crippen molar-refractivity contribution in [3.05, 3.63) is 55.2 Å². The smallest absolute Gasteiger partial charge is 0.409 e. The largest absolute Gasteiger partial charge is 0.465 e. The molecule has 4 aromatic heterocycles. The molecule has 0 saturated heterocycles. The number of anilines is 3. The lowest BCUT2D eigenvalue weighted by Crippen LogP contribution is -2.08. The Morgan fingerprint density at radius 3 is 2.68 bits per heavy atom. The Balaban J connectivity index is 1.76. The molecule has 9 heteroatoms. The first-order valence-electron chi connectivity index (χ1n) is 8.42. The minimum atomic E-state index is -1.17. The quantitative estimate of drug-likeness (QED) is 0.372. The highest BCUT2D eigenvalue weighted by atomic mass is 16.4. The summed E-state index contributed by atoms with van der Waals surface area (Å²) in [4.78, 5) is 31.8. The molecule has 5 heterocycles. The first kappa shape index (κ1) is 15.9. The lowest BCUT2D eigenvalue weighted by atomic mass is 10.1. The van der Waals surface area contributed by atoms with Crippen LogP contribution in [0.25, 0.3) is 33.9 Å². The molecule has 0 fully saturated rings. The van der Waals surface area contributed by atoms with Crippen molar-refractivity contribution in [2.45, 2.75) is 0 Å². The summed E-state index contributed by atoms with van der Waals surface area (Å²) >= 11 is 0. The first-order chi connectivity index (χ1) is 13.7. The van der Waals surface area contributed by atoms with Crippen molar-refractivity contribution in [2.75, 3.05) is 10.6 Å². The van der Waals surface area contributed by atoms with Crippen LogP contribution < -0.4 is 10.6 Å². The third-order valence-corrected chi connectivity index (χ3v) is 4.43. The Morgan fingerprint density at radius 2 is 1.82 bits per heavy atom. The first-order valence-corrected chi connectivity index (χ1v) is 8.42. The van der Waals surface area contributed by atoms with E-state index >= 15 is 0 Å². The molecule has 4 N–H and O–H groups in total. The standard InChI is InChI=1S/C19H13N7O2/c27-19(28)24-14-9-21-7-4-11(14)18-25-15-10-3-6-20-8-13(10)23-17-12(16(15)26-18)2-1-5-22-17/h1-9,24H,(H,22,23)(H,25,26)(H,27,28). The molecule has 9 nitrogen and oxygen atoms in total. The predicted molar refractivity (Wildman–Crippen MR) is 103 cm³/mol. The van der Waals surface area contributed by atoms with Crippen molar-refractivity contribution in [2.24, 2.45) is 0 Å². The average molecular weight is 371 g/mol. The van der Waals surface area contributed by atoms with Gasteiger partial charge in [-0.3, -0.25) is 15.3 Å². The van der Waals surface area contributed by atoms with E-state index in [-0.39, 0.29) is 0 Å². The molecule has 0 atom stereocenters. The Morgan fingerprint density at radius 1 is 1.00 bits per heavy atom. The van der Waals surface area contributed by atoms with Crippen molar-refractivity contribution < 1.29 is 9.90 Å². The van der Waals surface area contributed by atoms with Gasteiger partial charge in [-0.1, -0.05) is 0 Å². The maximum absolute atomic E-state index is 11.1. The van der Waals surface area contributed by atoms with E-state index in [4.69, 9.17) is 10.1 Å². The van der Waals surface area contributed by atoms with Gasteiger partial charge in [-0.2, -0.15) is 0 Å². The van der Waals surface area contributed by atoms with Gasteiger partial charge in [0, 0.05) is 35.3 Å². The molecule has 0 aliphatic carbocycles. The molecular formula is C19H13N7O2. The summed E-state index contributed by atoms with van der Waals surface area (Å²) in [6, 6.07) is 7.37. The number of hydrogen-bond acceptors (Lipinski definition) is 6. The summed E-state index contributed by atoms with van der Waals surface area (Å²) in [6.45, 7) is 0. The molecule has 1 aliphatic heterocycles. The Bertz CT molecular complexity index is 1160. The fourth-order valence-corrected chi connectivity index (χ4v) is 3.24. The Kier molecular flexibility index (Phi) is 3.51. The molecule has 0 saturated carbocycles. The number of H-pyrrole nitrogens is 1. The monoisotopic (exact) mass is 371 g/mol. The lowest BCUT2D eigenvalue weighted by molar-refractivity contribution is 0.209. The second-order valence-electron chi connectivity index (χ2n) is 6.11. The normalized spacial score (nSPS) is 11.4. The fraction of sp³-hybridized carbons (Fsp3) is 0. The summed E-state index contributed by atoms with van der Waals surface area (Å²) in [5, 5.41) is 14.8.